The summed E-state index contributed by atoms with van der Waals surface area (Å²) in [7, 11) is 0. The number of hydrogen-bond acceptors (Lipinski definition) is 4. The fraction of sp³-hybridized carbons (Fsp3) is 0.500. The molecule has 0 aromatic heterocycles. The first-order valence-corrected chi connectivity index (χ1v) is 3.73. The lowest BCUT2D eigenvalue weighted by atomic mass is 10.3. The van der Waals surface area contributed by atoms with Crippen LogP contribution in [0.3, 0.4) is 0 Å². The average molecular weight is 173 g/mol. The largest absolute Gasteiger partial charge is 0.481 e. The Morgan fingerprint density at radius 3 is 2.55 bits per heavy atom. The van der Waals surface area contributed by atoms with Gasteiger partial charge in [-0.2, -0.15) is 5.26 Å². The monoisotopic (exact) mass is 173 g/mol. The van der Waals surface area contributed by atoms with Gasteiger partial charge in [-0.3, -0.25) is 9.59 Å². The Bertz CT molecular complexity index is 192. The number of thioether (sulfide) groups is 1. The summed E-state index contributed by atoms with van der Waals surface area (Å²) < 4.78 is 0. The summed E-state index contributed by atoms with van der Waals surface area (Å²) in [6.45, 7) is 1.30. The molecule has 0 amide bonds. The lowest BCUT2D eigenvalue weighted by Crippen LogP contribution is -2.09. The normalized spacial score (nSPS) is 11.6. The first kappa shape index (κ1) is 9.98. The van der Waals surface area contributed by atoms with E-state index in [2.05, 4.69) is 0 Å². The van der Waals surface area contributed by atoms with E-state index in [9.17, 15) is 9.59 Å². The molecule has 1 N–H and O–H groups in total. The van der Waals surface area contributed by atoms with Gasteiger partial charge in [0.1, 0.15) is 5.25 Å². The number of nitrogens with zero attached hydrogens (tertiary/aromatic N) is 1. The number of carbonyl (C=O) groups excluding carboxylic acids is 1. The molecular formula is C6H7NO3S. The Morgan fingerprint density at radius 2 is 2.27 bits per heavy atom. The third-order valence-corrected chi connectivity index (χ3v) is 1.70. The zero-order chi connectivity index (χ0) is 8.85. The van der Waals surface area contributed by atoms with Crippen LogP contribution in [0.15, 0.2) is 0 Å². The molecule has 0 aliphatic rings. The van der Waals surface area contributed by atoms with Crippen LogP contribution >= 0.6 is 11.8 Å². The van der Waals surface area contributed by atoms with Gasteiger partial charge in [0.2, 0.25) is 0 Å². The van der Waals surface area contributed by atoms with Gasteiger partial charge < -0.3 is 5.11 Å². The third kappa shape index (κ3) is 5.43. The van der Waals surface area contributed by atoms with Gasteiger partial charge in [-0.25, -0.2) is 0 Å². The van der Waals surface area contributed by atoms with Crippen molar-refractivity contribution in [1.29, 1.82) is 5.26 Å². The highest BCUT2D eigenvalue weighted by Gasteiger charge is 2.14. The van der Waals surface area contributed by atoms with Crippen molar-refractivity contribution in [2.75, 3.05) is 0 Å². The molecule has 1 unspecified atom stereocenters. The van der Waals surface area contributed by atoms with Crippen LogP contribution in [-0.4, -0.2) is 21.4 Å². The molecule has 60 valence electrons. The maximum atomic E-state index is 10.4. The van der Waals surface area contributed by atoms with Crippen molar-refractivity contribution in [2.45, 2.75) is 18.6 Å². The summed E-state index contributed by atoms with van der Waals surface area (Å²) in [5.74, 6) is -1.06. The second-order valence-corrected chi connectivity index (χ2v) is 3.20. The van der Waals surface area contributed by atoms with Gasteiger partial charge in [0.25, 0.3) is 0 Å². The number of nitriles is 1. The number of carboxylic acid groups (broad SMARTS) is 1. The molecule has 4 nitrogen and oxygen atoms in total. The highest BCUT2D eigenvalue weighted by atomic mass is 32.2. The van der Waals surface area contributed by atoms with E-state index < -0.39 is 11.2 Å². The minimum absolute atomic E-state index is 0.238. The fourth-order valence-electron chi connectivity index (χ4n) is 0.473. The van der Waals surface area contributed by atoms with Crippen LogP contribution in [0.5, 0.6) is 0 Å². The molecule has 1 atom stereocenters. The van der Waals surface area contributed by atoms with Crippen molar-refractivity contribution < 1.29 is 14.7 Å². The summed E-state index contributed by atoms with van der Waals surface area (Å²) in [5, 5.41) is 15.6. The Hall–Kier alpha value is -1.02. The molecule has 0 heterocycles. The van der Waals surface area contributed by atoms with Gasteiger partial charge in [0.15, 0.2) is 5.12 Å². The van der Waals surface area contributed by atoms with Crippen LogP contribution < -0.4 is 0 Å². The molecule has 0 rings (SSSR count). The van der Waals surface area contributed by atoms with Gasteiger partial charge in [0.05, 0.1) is 12.5 Å². The summed E-state index contributed by atoms with van der Waals surface area (Å²) >= 11 is 0.747. The van der Waals surface area contributed by atoms with Gasteiger partial charge in [-0.05, 0) is 0 Å². The maximum Gasteiger partial charge on any atom is 0.305 e. The zero-order valence-corrected chi connectivity index (χ0v) is 6.72. The number of aliphatic carboxylic acids is 1. The molecule has 5 heteroatoms. The van der Waals surface area contributed by atoms with Crippen molar-refractivity contribution in [3.63, 3.8) is 0 Å². The van der Waals surface area contributed by atoms with Crippen molar-refractivity contribution in [2.24, 2.45) is 0 Å². The molecule has 11 heavy (non-hydrogen) atoms. The molecule has 0 aromatic carbocycles. The van der Waals surface area contributed by atoms with E-state index in [0.717, 1.165) is 11.8 Å². The Balaban J connectivity index is 3.89. The van der Waals surface area contributed by atoms with Gasteiger partial charge in [0, 0.05) is 6.92 Å². The van der Waals surface area contributed by atoms with Gasteiger partial charge >= 0.3 is 5.97 Å². The summed E-state index contributed by atoms with van der Waals surface area (Å²) in [4.78, 5) is 20.5. The minimum Gasteiger partial charge on any atom is -0.481 e. The topological polar surface area (TPSA) is 78.2 Å². The highest BCUT2D eigenvalue weighted by molar-refractivity contribution is 8.14. The molecule has 0 aromatic rings. The second-order valence-electron chi connectivity index (χ2n) is 1.83. The van der Waals surface area contributed by atoms with Crippen LogP contribution in [0, 0.1) is 11.3 Å². The van der Waals surface area contributed by atoms with Crippen molar-refractivity contribution in [3.8, 4) is 6.07 Å². The fourth-order valence-corrected chi connectivity index (χ4v) is 1.15. The van der Waals surface area contributed by atoms with Crippen molar-refractivity contribution in [1.82, 2.24) is 0 Å². The van der Waals surface area contributed by atoms with Crippen LogP contribution in [0.1, 0.15) is 13.3 Å². The second kappa shape index (κ2) is 4.74. The van der Waals surface area contributed by atoms with Crippen LogP contribution in [-0.2, 0) is 9.59 Å². The molecule has 0 saturated carbocycles. The quantitative estimate of drug-likeness (QED) is 0.677. The molecule has 0 bridgehead atoms. The maximum absolute atomic E-state index is 10.4. The van der Waals surface area contributed by atoms with Gasteiger partial charge in [-0.15, -0.1) is 0 Å². The first-order chi connectivity index (χ1) is 5.06. The first-order valence-electron chi connectivity index (χ1n) is 2.85. The van der Waals surface area contributed by atoms with Crippen LogP contribution in [0.2, 0.25) is 0 Å². The standard InChI is InChI=1S/C6H7NO3S/c1-4(8)11-5(3-7)2-6(9)10/h5H,2H2,1H3,(H,9,10). The molecular weight excluding hydrogens is 166 g/mol. The minimum atomic E-state index is -1.06. The number of hydrogen-bond donors (Lipinski definition) is 1. The lowest BCUT2D eigenvalue weighted by Gasteiger charge is -2.00. The highest BCUT2D eigenvalue weighted by Crippen LogP contribution is 2.13. The molecule has 0 spiro atoms. The Kier molecular flexibility index (Phi) is 4.30. The average Bonchev–Trinajstić information content (AvgIpc) is 1.84. The number of rotatable bonds is 3. The third-order valence-electron chi connectivity index (χ3n) is 0.812. The summed E-state index contributed by atoms with van der Waals surface area (Å²) in [5.41, 5.74) is 0. The van der Waals surface area contributed by atoms with Crippen molar-refractivity contribution in [3.05, 3.63) is 0 Å². The smallest absolute Gasteiger partial charge is 0.305 e. The van der Waals surface area contributed by atoms with E-state index >= 15 is 0 Å². The molecule has 0 radical (unpaired) electrons. The van der Waals surface area contributed by atoms with Gasteiger partial charge in [-0.1, -0.05) is 11.8 Å². The van der Waals surface area contributed by atoms with E-state index in [1.165, 1.54) is 6.92 Å². The molecule has 0 saturated heterocycles. The molecule has 0 aliphatic carbocycles. The zero-order valence-electron chi connectivity index (χ0n) is 5.90. The SMILES string of the molecule is CC(=O)SC(C#N)CC(=O)O. The number of carboxylic acids is 1. The van der Waals surface area contributed by atoms with E-state index in [1.807, 2.05) is 0 Å². The van der Waals surface area contributed by atoms with Crippen LogP contribution in [0.25, 0.3) is 0 Å². The molecule has 0 fully saturated rings. The van der Waals surface area contributed by atoms with E-state index in [-0.39, 0.29) is 11.5 Å². The van der Waals surface area contributed by atoms with Crippen molar-refractivity contribution >= 4 is 22.8 Å². The Labute approximate surface area is 68.2 Å². The summed E-state index contributed by atoms with van der Waals surface area (Å²) in [6.07, 6.45) is -0.291. The molecule has 0 aliphatic heterocycles. The predicted molar refractivity (Wildman–Crippen MR) is 39.9 cm³/mol. The van der Waals surface area contributed by atoms with E-state index in [0.29, 0.717) is 0 Å². The van der Waals surface area contributed by atoms with E-state index in [1.54, 1.807) is 6.07 Å². The predicted octanol–water partition coefficient (Wildman–Crippen LogP) is 0.633. The Morgan fingerprint density at radius 1 is 1.73 bits per heavy atom. The number of carbonyl (C=O) groups is 2. The van der Waals surface area contributed by atoms with E-state index in [4.69, 9.17) is 10.4 Å². The summed E-state index contributed by atoms with van der Waals surface area (Å²) in [6, 6.07) is 1.73. The van der Waals surface area contributed by atoms with Crippen LogP contribution in [0.4, 0.5) is 0 Å². The lowest BCUT2D eigenvalue weighted by molar-refractivity contribution is -0.136.